The summed E-state index contributed by atoms with van der Waals surface area (Å²) in [6, 6.07) is 3.82. The number of methoxy groups -OCH3 is 1. The summed E-state index contributed by atoms with van der Waals surface area (Å²) in [5.74, 6) is 1.33. The first kappa shape index (κ1) is 14.0. The van der Waals surface area contributed by atoms with Gasteiger partial charge in [-0.15, -0.1) is 11.3 Å². The lowest BCUT2D eigenvalue weighted by Crippen LogP contribution is -2.53. The Labute approximate surface area is 125 Å². The highest BCUT2D eigenvalue weighted by Gasteiger charge is 2.35. The lowest BCUT2D eigenvalue weighted by atomic mass is 10.0. The molecule has 0 unspecified atom stereocenters. The summed E-state index contributed by atoms with van der Waals surface area (Å²) >= 11 is 1.57. The third-order valence-electron chi connectivity index (χ3n) is 3.28. The Morgan fingerprint density at radius 1 is 1.62 bits per heavy atom. The standard InChI is InChI=1S/C13H16N4O3S/c1-19-5-4-14-13(18)17-7-9(8-17)12-15-11(16-20-12)10-3-2-6-21-10/h2-3,6,9H,4-5,7-8H2,1H3,(H,14,18). The molecule has 1 fully saturated rings. The Morgan fingerprint density at radius 2 is 2.48 bits per heavy atom. The molecule has 7 nitrogen and oxygen atoms in total. The fourth-order valence-electron chi connectivity index (χ4n) is 2.08. The van der Waals surface area contributed by atoms with E-state index >= 15 is 0 Å². The van der Waals surface area contributed by atoms with Crippen molar-refractivity contribution in [3.63, 3.8) is 0 Å². The monoisotopic (exact) mass is 308 g/mol. The number of amides is 2. The van der Waals surface area contributed by atoms with E-state index in [1.807, 2.05) is 17.5 Å². The van der Waals surface area contributed by atoms with E-state index in [-0.39, 0.29) is 11.9 Å². The molecule has 1 saturated heterocycles. The van der Waals surface area contributed by atoms with Crippen molar-refractivity contribution in [3.05, 3.63) is 23.4 Å². The predicted molar refractivity (Wildman–Crippen MR) is 77.2 cm³/mol. The minimum Gasteiger partial charge on any atom is -0.383 e. The number of rotatable bonds is 5. The van der Waals surface area contributed by atoms with Gasteiger partial charge in [0, 0.05) is 26.7 Å². The van der Waals surface area contributed by atoms with E-state index in [1.165, 1.54) is 0 Å². The molecule has 3 heterocycles. The van der Waals surface area contributed by atoms with E-state index in [0.717, 1.165) is 4.88 Å². The lowest BCUT2D eigenvalue weighted by molar-refractivity contribution is 0.132. The number of nitrogens with zero attached hydrogens (tertiary/aromatic N) is 3. The van der Waals surface area contributed by atoms with Crippen LogP contribution in [0.4, 0.5) is 4.79 Å². The van der Waals surface area contributed by atoms with Gasteiger partial charge in [-0.05, 0) is 11.4 Å². The average molecular weight is 308 g/mol. The Morgan fingerprint density at radius 3 is 3.19 bits per heavy atom. The number of aromatic nitrogens is 2. The van der Waals surface area contributed by atoms with Crippen LogP contribution in [0.2, 0.25) is 0 Å². The highest BCUT2D eigenvalue weighted by atomic mass is 32.1. The number of urea groups is 1. The van der Waals surface area contributed by atoms with Crippen LogP contribution in [0.15, 0.2) is 22.0 Å². The maximum atomic E-state index is 11.8. The first-order chi connectivity index (χ1) is 10.3. The van der Waals surface area contributed by atoms with Gasteiger partial charge in [-0.2, -0.15) is 4.98 Å². The highest BCUT2D eigenvalue weighted by molar-refractivity contribution is 7.13. The summed E-state index contributed by atoms with van der Waals surface area (Å²) in [4.78, 5) is 18.9. The molecule has 0 bridgehead atoms. The molecule has 2 amide bonds. The lowest BCUT2D eigenvalue weighted by Gasteiger charge is -2.36. The summed E-state index contributed by atoms with van der Waals surface area (Å²) in [6.07, 6.45) is 0. The van der Waals surface area contributed by atoms with E-state index in [2.05, 4.69) is 15.5 Å². The van der Waals surface area contributed by atoms with Crippen molar-refractivity contribution < 1.29 is 14.1 Å². The molecule has 0 atom stereocenters. The zero-order valence-electron chi connectivity index (χ0n) is 11.6. The van der Waals surface area contributed by atoms with Gasteiger partial charge in [0.2, 0.25) is 11.7 Å². The van der Waals surface area contributed by atoms with Crippen LogP contribution in [0.5, 0.6) is 0 Å². The minimum atomic E-state index is -0.0821. The number of ether oxygens (including phenoxy) is 1. The van der Waals surface area contributed by atoms with Gasteiger partial charge in [0.25, 0.3) is 0 Å². The van der Waals surface area contributed by atoms with Gasteiger partial charge >= 0.3 is 6.03 Å². The van der Waals surface area contributed by atoms with Crippen LogP contribution < -0.4 is 5.32 Å². The zero-order chi connectivity index (χ0) is 14.7. The number of carbonyl (C=O) groups excluding carboxylic acids is 1. The topological polar surface area (TPSA) is 80.5 Å². The van der Waals surface area contributed by atoms with Crippen LogP contribution in [-0.2, 0) is 4.74 Å². The van der Waals surface area contributed by atoms with Crippen molar-refractivity contribution in [1.82, 2.24) is 20.4 Å². The van der Waals surface area contributed by atoms with Crippen molar-refractivity contribution in [2.45, 2.75) is 5.92 Å². The molecule has 2 aromatic rings. The molecule has 8 heteroatoms. The van der Waals surface area contributed by atoms with Crippen molar-refractivity contribution in [1.29, 1.82) is 0 Å². The van der Waals surface area contributed by atoms with Crippen molar-refractivity contribution in [2.24, 2.45) is 0 Å². The fraction of sp³-hybridized carbons (Fsp3) is 0.462. The molecule has 0 aliphatic carbocycles. The Kier molecular flexibility index (Phi) is 4.16. The number of carbonyl (C=O) groups is 1. The Balaban J connectivity index is 1.51. The maximum absolute atomic E-state index is 11.8. The molecular weight excluding hydrogens is 292 g/mol. The van der Waals surface area contributed by atoms with Crippen LogP contribution >= 0.6 is 11.3 Å². The van der Waals surface area contributed by atoms with Gasteiger partial charge in [0.1, 0.15) is 0 Å². The van der Waals surface area contributed by atoms with E-state index in [4.69, 9.17) is 9.26 Å². The molecule has 1 aliphatic heterocycles. The minimum absolute atomic E-state index is 0.0821. The summed E-state index contributed by atoms with van der Waals surface area (Å²) < 4.78 is 10.2. The molecule has 112 valence electrons. The SMILES string of the molecule is COCCNC(=O)N1CC(c2nc(-c3cccs3)no2)C1. The van der Waals surface area contributed by atoms with Gasteiger partial charge < -0.3 is 19.5 Å². The molecule has 1 aliphatic rings. The summed E-state index contributed by atoms with van der Waals surface area (Å²) in [5, 5.41) is 8.74. The van der Waals surface area contributed by atoms with Crippen LogP contribution in [0.1, 0.15) is 11.8 Å². The van der Waals surface area contributed by atoms with Crippen LogP contribution in [0.3, 0.4) is 0 Å². The number of thiophene rings is 1. The number of likely N-dealkylation sites (tertiary alicyclic amines) is 1. The quantitative estimate of drug-likeness (QED) is 0.848. The van der Waals surface area contributed by atoms with Crippen LogP contribution in [0, 0.1) is 0 Å². The van der Waals surface area contributed by atoms with Crippen LogP contribution in [0.25, 0.3) is 10.7 Å². The van der Waals surface area contributed by atoms with E-state index in [1.54, 1.807) is 23.3 Å². The Hall–Kier alpha value is -1.93. The number of hydrogen-bond donors (Lipinski definition) is 1. The van der Waals surface area contributed by atoms with Crippen molar-refractivity contribution in [3.8, 4) is 10.7 Å². The van der Waals surface area contributed by atoms with Crippen molar-refractivity contribution >= 4 is 17.4 Å². The summed E-state index contributed by atoms with van der Waals surface area (Å²) in [5.41, 5.74) is 0. The smallest absolute Gasteiger partial charge is 0.317 e. The highest BCUT2D eigenvalue weighted by Crippen LogP contribution is 2.28. The molecule has 2 aromatic heterocycles. The molecule has 0 saturated carbocycles. The van der Waals surface area contributed by atoms with E-state index in [9.17, 15) is 4.79 Å². The molecule has 0 radical (unpaired) electrons. The normalized spacial score (nSPS) is 15.0. The molecule has 0 aromatic carbocycles. The molecule has 3 rings (SSSR count). The molecule has 1 N–H and O–H groups in total. The third-order valence-corrected chi connectivity index (χ3v) is 4.15. The third kappa shape index (κ3) is 3.06. The van der Waals surface area contributed by atoms with Crippen LogP contribution in [-0.4, -0.2) is 54.4 Å². The van der Waals surface area contributed by atoms with Gasteiger partial charge in [-0.3, -0.25) is 0 Å². The Bertz CT molecular complexity index is 592. The first-order valence-electron chi connectivity index (χ1n) is 6.67. The van der Waals surface area contributed by atoms with Gasteiger partial charge in [-0.1, -0.05) is 11.2 Å². The second-order valence-electron chi connectivity index (χ2n) is 4.76. The molecule has 21 heavy (non-hydrogen) atoms. The molecular formula is C13H16N4O3S. The molecule has 0 spiro atoms. The van der Waals surface area contributed by atoms with Crippen molar-refractivity contribution in [2.75, 3.05) is 33.4 Å². The largest absolute Gasteiger partial charge is 0.383 e. The number of hydrogen-bond acceptors (Lipinski definition) is 6. The first-order valence-corrected chi connectivity index (χ1v) is 7.55. The second-order valence-corrected chi connectivity index (χ2v) is 5.71. The van der Waals surface area contributed by atoms with E-state index in [0.29, 0.717) is 38.0 Å². The summed E-state index contributed by atoms with van der Waals surface area (Å²) in [6.45, 7) is 2.23. The van der Waals surface area contributed by atoms with Gasteiger partial charge in [0.05, 0.1) is 17.4 Å². The van der Waals surface area contributed by atoms with Gasteiger partial charge in [-0.25, -0.2) is 4.79 Å². The fourth-order valence-corrected chi connectivity index (χ4v) is 2.73. The summed E-state index contributed by atoms with van der Waals surface area (Å²) in [7, 11) is 1.60. The van der Waals surface area contributed by atoms with Gasteiger partial charge in [0.15, 0.2) is 0 Å². The number of nitrogens with one attached hydrogen (secondary N) is 1. The van der Waals surface area contributed by atoms with E-state index < -0.39 is 0 Å². The average Bonchev–Trinajstić information content (AvgIpc) is 3.08. The second kappa shape index (κ2) is 6.23. The predicted octanol–water partition coefficient (Wildman–Crippen LogP) is 1.55. The zero-order valence-corrected chi connectivity index (χ0v) is 12.4. The maximum Gasteiger partial charge on any atom is 0.317 e.